The molecule has 1 aromatic heterocycles. The highest BCUT2D eigenvalue weighted by Crippen LogP contribution is 2.31. The first-order chi connectivity index (χ1) is 15.1. The fraction of sp³-hybridized carbons (Fsp3) is 0.200. The standard InChI is InChI=1S/C25H25N3O2S/c29-31(30,22-10-5-2-6-11-22)28-15-14-23-24(12-7-13-25(23)28)27-18-16-26(17-19-27)20-21-8-3-1-4-9-21/h1-15H,16-20H2. The van der Waals surface area contributed by atoms with E-state index in [9.17, 15) is 8.42 Å². The number of hydrogen-bond acceptors (Lipinski definition) is 4. The zero-order valence-corrected chi connectivity index (χ0v) is 18.1. The minimum absolute atomic E-state index is 0.299. The maximum atomic E-state index is 13.2. The Labute approximate surface area is 183 Å². The second-order valence-electron chi connectivity index (χ2n) is 7.89. The van der Waals surface area contributed by atoms with E-state index in [1.165, 1.54) is 9.54 Å². The molecule has 1 saturated heterocycles. The zero-order chi connectivity index (χ0) is 21.3. The van der Waals surface area contributed by atoms with Crippen molar-refractivity contribution in [3.05, 3.63) is 96.7 Å². The van der Waals surface area contributed by atoms with Gasteiger partial charge in [0.2, 0.25) is 0 Å². The Morgan fingerprint density at radius 2 is 1.39 bits per heavy atom. The first-order valence-corrected chi connectivity index (χ1v) is 12.0. The van der Waals surface area contributed by atoms with Gasteiger partial charge in [-0.1, -0.05) is 54.6 Å². The van der Waals surface area contributed by atoms with Crippen LogP contribution in [0.2, 0.25) is 0 Å². The molecule has 3 aromatic carbocycles. The summed E-state index contributed by atoms with van der Waals surface area (Å²) in [7, 11) is -3.62. The van der Waals surface area contributed by atoms with Gasteiger partial charge in [-0.3, -0.25) is 4.90 Å². The molecule has 0 aliphatic carbocycles. The summed E-state index contributed by atoms with van der Waals surface area (Å²) in [5.74, 6) is 0. The second-order valence-corrected chi connectivity index (χ2v) is 9.70. The average Bonchev–Trinajstić information content (AvgIpc) is 3.26. The first-order valence-electron chi connectivity index (χ1n) is 10.5. The van der Waals surface area contributed by atoms with Crippen LogP contribution in [0, 0.1) is 0 Å². The van der Waals surface area contributed by atoms with Gasteiger partial charge in [-0.15, -0.1) is 0 Å². The number of anilines is 1. The molecule has 2 heterocycles. The molecule has 5 rings (SSSR count). The predicted octanol–water partition coefficient (Wildman–Crippen LogP) is 4.20. The van der Waals surface area contributed by atoms with E-state index in [4.69, 9.17) is 0 Å². The van der Waals surface area contributed by atoms with E-state index in [0.717, 1.165) is 43.8 Å². The SMILES string of the molecule is O=S(=O)(c1ccccc1)n1ccc2c(N3CCN(Cc4ccccc4)CC3)cccc21. The molecule has 1 fully saturated rings. The molecule has 0 bridgehead atoms. The molecule has 0 amide bonds. The molecule has 0 spiro atoms. The highest BCUT2D eigenvalue weighted by Gasteiger charge is 2.22. The van der Waals surface area contributed by atoms with Crippen molar-refractivity contribution in [1.29, 1.82) is 0 Å². The minimum Gasteiger partial charge on any atom is -0.368 e. The number of fused-ring (bicyclic) bond motifs is 1. The number of aromatic nitrogens is 1. The fourth-order valence-corrected chi connectivity index (χ4v) is 5.67. The number of rotatable bonds is 5. The Balaban J connectivity index is 1.39. The zero-order valence-electron chi connectivity index (χ0n) is 17.3. The maximum Gasteiger partial charge on any atom is 0.268 e. The Hall–Kier alpha value is -3.09. The van der Waals surface area contributed by atoms with Gasteiger partial charge >= 0.3 is 0 Å². The Kier molecular flexibility index (Phi) is 5.26. The number of piperazine rings is 1. The lowest BCUT2D eigenvalue weighted by molar-refractivity contribution is 0.250. The van der Waals surface area contributed by atoms with Gasteiger partial charge in [0.15, 0.2) is 0 Å². The fourth-order valence-electron chi connectivity index (χ4n) is 4.31. The van der Waals surface area contributed by atoms with E-state index in [1.54, 1.807) is 30.5 Å². The summed E-state index contributed by atoms with van der Waals surface area (Å²) in [6, 6.07) is 27.0. The van der Waals surface area contributed by atoms with Crippen molar-refractivity contribution in [2.24, 2.45) is 0 Å². The van der Waals surface area contributed by atoms with Crippen molar-refractivity contribution in [3.63, 3.8) is 0 Å². The summed E-state index contributed by atoms with van der Waals surface area (Å²) >= 11 is 0. The quantitative estimate of drug-likeness (QED) is 0.475. The molecule has 0 unspecified atom stereocenters. The van der Waals surface area contributed by atoms with Gasteiger partial charge in [0, 0.05) is 50.0 Å². The molecule has 0 N–H and O–H groups in total. The molecule has 4 aromatic rings. The third-order valence-electron chi connectivity index (χ3n) is 5.94. The second kappa shape index (κ2) is 8.21. The van der Waals surface area contributed by atoms with Gasteiger partial charge in [-0.25, -0.2) is 12.4 Å². The van der Waals surface area contributed by atoms with Gasteiger partial charge in [0.05, 0.1) is 10.4 Å². The van der Waals surface area contributed by atoms with Crippen LogP contribution in [0.1, 0.15) is 5.56 Å². The number of benzene rings is 3. The monoisotopic (exact) mass is 431 g/mol. The molecule has 0 radical (unpaired) electrons. The third-order valence-corrected chi connectivity index (χ3v) is 7.64. The number of hydrogen-bond donors (Lipinski definition) is 0. The van der Waals surface area contributed by atoms with Gasteiger partial charge in [0.25, 0.3) is 10.0 Å². The Bertz CT molecular complexity index is 1280. The third kappa shape index (κ3) is 3.84. The van der Waals surface area contributed by atoms with E-state index in [2.05, 4.69) is 40.1 Å². The van der Waals surface area contributed by atoms with Crippen LogP contribution < -0.4 is 4.90 Å². The summed E-state index contributed by atoms with van der Waals surface area (Å²) in [4.78, 5) is 5.13. The van der Waals surface area contributed by atoms with Crippen LogP contribution in [-0.2, 0) is 16.6 Å². The lowest BCUT2D eigenvalue weighted by Gasteiger charge is -2.36. The van der Waals surface area contributed by atoms with Crippen LogP contribution in [-0.4, -0.2) is 43.5 Å². The molecular weight excluding hydrogens is 406 g/mol. The van der Waals surface area contributed by atoms with Gasteiger partial charge in [-0.2, -0.15) is 0 Å². The largest absolute Gasteiger partial charge is 0.368 e. The summed E-state index contributed by atoms with van der Waals surface area (Å²) in [6.45, 7) is 4.76. The maximum absolute atomic E-state index is 13.2. The van der Waals surface area contributed by atoms with Crippen LogP contribution in [0.15, 0.2) is 96.0 Å². The average molecular weight is 432 g/mol. The summed E-state index contributed by atoms with van der Waals surface area (Å²) in [6.07, 6.45) is 1.67. The predicted molar refractivity (Wildman–Crippen MR) is 125 cm³/mol. The van der Waals surface area contributed by atoms with Crippen molar-refractivity contribution in [2.45, 2.75) is 11.4 Å². The van der Waals surface area contributed by atoms with E-state index in [1.807, 2.05) is 30.3 Å². The summed E-state index contributed by atoms with van der Waals surface area (Å²) in [5.41, 5.74) is 3.15. The summed E-state index contributed by atoms with van der Waals surface area (Å²) in [5, 5.41) is 0.971. The normalized spacial score (nSPS) is 15.4. The molecule has 0 saturated carbocycles. The molecule has 1 aliphatic rings. The molecule has 5 nitrogen and oxygen atoms in total. The minimum atomic E-state index is -3.62. The molecule has 1 aliphatic heterocycles. The molecule has 6 heteroatoms. The van der Waals surface area contributed by atoms with Gasteiger partial charge in [0.1, 0.15) is 0 Å². The topological polar surface area (TPSA) is 45.6 Å². The van der Waals surface area contributed by atoms with E-state index in [-0.39, 0.29) is 0 Å². The van der Waals surface area contributed by atoms with E-state index < -0.39 is 10.0 Å². The number of nitrogens with zero attached hydrogens (tertiary/aromatic N) is 3. The summed E-state index contributed by atoms with van der Waals surface area (Å²) < 4.78 is 27.7. The van der Waals surface area contributed by atoms with Crippen LogP contribution in [0.4, 0.5) is 5.69 Å². The lowest BCUT2D eigenvalue weighted by Crippen LogP contribution is -2.46. The molecule has 0 atom stereocenters. The van der Waals surface area contributed by atoms with Crippen molar-refractivity contribution < 1.29 is 8.42 Å². The van der Waals surface area contributed by atoms with Crippen LogP contribution >= 0.6 is 0 Å². The Morgan fingerprint density at radius 1 is 0.710 bits per heavy atom. The smallest absolute Gasteiger partial charge is 0.268 e. The Morgan fingerprint density at radius 3 is 2.10 bits per heavy atom. The molecular formula is C25H25N3O2S. The van der Waals surface area contributed by atoms with Crippen molar-refractivity contribution in [1.82, 2.24) is 8.87 Å². The van der Waals surface area contributed by atoms with Crippen LogP contribution in [0.3, 0.4) is 0 Å². The van der Waals surface area contributed by atoms with Crippen LogP contribution in [0.25, 0.3) is 10.9 Å². The van der Waals surface area contributed by atoms with Crippen molar-refractivity contribution in [3.8, 4) is 0 Å². The van der Waals surface area contributed by atoms with Crippen molar-refractivity contribution in [2.75, 3.05) is 31.1 Å². The van der Waals surface area contributed by atoms with Crippen LogP contribution in [0.5, 0.6) is 0 Å². The van der Waals surface area contributed by atoms with Crippen molar-refractivity contribution >= 4 is 26.6 Å². The van der Waals surface area contributed by atoms with Gasteiger partial charge < -0.3 is 4.90 Å². The van der Waals surface area contributed by atoms with E-state index >= 15 is 0 Å². The highest BCUT2D eigenvalue weighted by atomic mass is 32.2. The molecule has 31 heavy (non-hydrogen) atoms. The van der Waals surface area contributed by atoms with E-state index in [0.29, 0.717) is 10.4 Å². The molecule has 158 valence electrons. The van der Waals surface area contributed by atoms with Gasteiger partial charge in [-0.05, 0) is 35.9 Å². The highest BCUT2D eigenvalue weighted by molar-refractivity contribution is 7.90. The first kappa shape index (κ1) is 19.8. The lowest BCUT2D eigenvalue weighted by atomic mass is 10.1.